The summed E-state index contributed by atoms with van der Waals surface area (Å²) >= 11 is 5.93. The van der Waals surface area contributed by atoms with Crippen molar-refractivity contribution in [3.63, 3.8) is 0 Å². The molecule has 1 fully saturated rings. The van der Waals surface area contributed by atoms with E-state index in [4.69, 9.17) is 11.6 Å². The van der Waals surface area contributed by atoms with Crippen LogP contribution in [0.1, 0.15) is 24.2 Å². The molecule has 2 rings (SSSR count). The molecule has 0 radical (unpaired) electrons. The van der Waals surface area contributed by atoms with Crippen LogP contribution in [-0.4, -0.2) is 47.4 Å². The Morgan fingerprint density at radius 2 is 2.35 bits per heavy atom. The van der Waals surface area contributed by atoms with Gasteiger partial charge in [-0.15, -0.1) is 0 Å². The number of carbonyl (C=O) groups excluding carboxylic acids is 2. The Morgan fingerprint density at radius 1 is 1.60 bits per heavy atom. The molecule has 0 spiro atoms. The second kappa shape index (κ2) is 6.09. The molecule has 0 aliphatic carbocycles. The largest absolute Gasteiger partial charge is 0.370 e. The second-order valence-corrected chi connectivity index (χ2v) is 4.95. The second-order valence-electron chi connectivity index (χ2n) is 4.56. The number of rotatable bonds is 3. The van der Waals surface area contributed by atoms with Gasteiger partial charge in [-0.05, 0) is 26.0 Å². The maximum atomic E-state index is 12.5. The molecule has 1 atom stereocenters. The monoisotopic (exact) mass is 296 g/mol. The van der Waals surface area contributed by atoms with Gasteiger partial charge in [-0.1, -0.05) is 11.6 Å². The van der Waals surface area contributed by atoms with Gasteiger partial charge in [-0.25, -0.2) is 4.98 Å². The van der Waals surface area contributed by atoms with E-state index in [1.165, 1.54) is 6.07 Å². The minimum absolute atomic E-state index is 0.142. The Balaban J connectivity index is 2.26. The summed E-state index contributed by atoms with van der Waals surface area (Å²) in [7, 11) is 0. The first kappa shape index (κ1) is 14.6. The number of nitrogens with zero attached hydrogens (tertiary/aromatic N) is 2. The Kier molecular flexibility index (Phi) is 4.44. The minimum atomic E-state index is -0.481. The highest BCUT2D eigenvalue weighted by Crippen LogP contribution is 2.18. The van der Waals surface area contributed by atoms with E-state index in [2.05, 4.69) is 15.6 Å². The SMILES string of the molecule is CCNc1cc(C(=O)N2CCNC(=O)C2C)cc(Cl)n1. The molecule has 7 heteroatoms. The van der Waals surface area contributed by atoms with Crippen molar-refractivity contribution in [1.29, 1.82) is 0 Å². The van der Waals surface area contributed by atoms with Gasteiger partial charge in [0, 0.05) is 25.2 Å². The molecule has 1 aromatic heterocycles. The van der Waals surface area contributed by atoms with Crippen molar-refractivity contribution in [3.05, 3.63) is 22.8 Å². The Morgan fingerprint density at radius 3 is 3.05 bits per heavy atom. The van der Waals surface area contributed by atoms with Crippen molar-refractivity contribution in [1.82, 2.24) is 15.2 Å². The molecule has 20 heavy (non-hydrogen) atoms. The lowest BCUT2D eigenvalue weighted by Gasteiger charge is -2.32. The summed E-state index contributed by atoms with van der Waals surface area (Å²) < 4.78 is 0. The average molecular weight is 297 g/mol. The van der Waals surface area contributed by atoms with E-state index in [-0.39, 0.29) is 17.0 Å². The highest BCUT2D eigenvalue weighted by atomic mass is 35.5. The van der Waals surface area contributed by atoms with Gasteiger partial charge in [0.25, 0.3) is 5.91 Å². The highest BCUT2D eigenvalue weighted by molar-refractivity contribution is 6.30. The topological polar surface area (TPSA) is 74.3 Å². The molecule has 0 saturated carbocycles. The van der Waals surface area contributed by atoms with Gasteiger partial charge in [-0.2, -0.15) is 0 Å². The van der Waals surface area contributed by atoms with E-state index in [0.29, 0.717) is 31.0 Å². The van der Waals surface area contributed by atoms with Gasteiger partial charge in [0.15, 0.2) is 0 Å². The predicted molar refractivity (Wildman–Crippen MR) is 76.9 cm³/mol. The van der Waals surface area contributed by atoms with Gasteiger partial charge in [-0.3, -0.25) is 9.59 Å². The zero-order valence-corrected chi connectivity index (χ0v) is 12.2. The summed E-state index contributed by atoms with van der Waals surface area (Å²) in [6.07, 6.45) is 0. The summed E-state index contributed by atoms with van der Waals surface area (Å²) in [5.74, 6) is 0.199. The number of amides is 2. The van der Waals surface area contributed by atoms with E-state index >= 15 is 0 Å². The minimum Gasteiger partial charge on any atom is -0.370 e. The molecule has 108 valence electrons. The lowest BCUT2D eigenvalue weighted by Crippen LogP contribution is -2.55. The van der Waals surface area contributed by atoms with Crippen molar-refractivity contribution in [2.45, 2.75) is 19.9 Å². The third-order valence-corrected chi connectivity index (χ3v) is 3.35. The van der Waals surface area contributed by atoms with E-state index in [9.17, 15) is 9.59 Å². The zero-order chi connectivity index (χ0) is 14.7. The molecule has 1 aliphatic rings. The number of hydrogen-bond acceptors (Lipinski definition) is 4. The predicted octanol–water partition coefficient (Wildman–Crippen LogP) is 1.13. The van der Waals surface area contributed by atoms with E-state index < -0.39 is 6.04 Å². The van der Waals surface area contributed by atoms with Crippen LogP contribution in [0.2, 0.25) is 5.15 Å². The molecule has 1 unspecified atom stereocenters. The van der Waals surface area contributed by atoms with Crippen LogP contribution in [0.25, 0.3) is 0 Å². The average Bonchev–Trinajstić information content (AvgIpc) is 2.41. The molecular formula is C13H17ClN4O2. The van der Waals surface area contributed by atoms with Crippen molar-refractivity contribution in [2.24, 2.45) is 0 Å². The quantitative estimate of drug-likeness (QED) is 0.820. The third kappa shape index (κ3) is 3.01. The highest BCUT2D eigenvalue weighted by Gasteiger charge is 2.30. The van der Waals surface area contributed by atoms with Gasteiger partial charge in [0.05, 0.1) is 0 Å². The Labute approximate surface area is 122 Å². The third-order valence-electron chi connectivity index (χ3n) is 3.16. The van der Waals surface area contributed by atoms with Crippen LogP contribution in [0.3, 0.4) is 0 Å². The normalized spacial score (nSPS) is 18.6. The van der Waals surface area contributed by atoms with Gasteiger partial charge >= 0.3 is 0 Å². The van der Waals surface area contributed by atoms with Crippen molar-refractivity contribution in [2.75, 3.05) is 25.0 Å². The smallest absolute Gasteiger partial charge is 0.254 e. The Hall–Kier alpha value is -1.82. The first-order chi connectivity index (χ1) is 9.52. The van der Waals surface area contributed by atoms with Crippen LogP contribution >= 0.6 is 11.6 Å². The summed E-state index contributed by atoms with van der Waals surface area (Å²) in [6, 6.07) is 2.69. The molecule has 2 heterocycles. The number of anilines is 1. The van der Waals surface area contributed by atoms with Crippen molar-refractivity contribution in [3.8, 4) is 0 Å². The lowest BCUT2D eigenvalue weighted by molar-refractivity contribution is -0.127. The van der Waals surface area contributed by atoms with Crippen LogP contribution < -0.4 is 10.6 Å². The summed E-state index contributed by atoms with van der Waals surface area (Å²) in [5.41, 5.74) is 0.433. The molecule has 2 N–H and O–H groups in total. The van der Waals surface area contributed by atoms with Crippen LogP contribution in [0, 0.1) is 0 Å². The fourth-order valence-electron chi connectivity index (χ4n) is 2.12. The van der Waals surface area contributed by atoms with Crippen LogP contribution in [0.4, 0.5) is 5.82 Å². The van der Waals surface area contributed by atoms with E-state index in [0.717, 1.165) is 0 Å². The number of piperazine rings is 1. The number of halogens is 1. The fraction of sp³-hybridized carbons (Fsp3) is 0.462. The fourth-order valence-corrected chi connectivity index (χ4v) is 2.33. The van der Waals surface area contributed by atoms with Gasteiger partial charge in [0.1, 0.15) is 17.0 Å². The first-order valence-corrected chi connectivity index (χ1v) is 6.91. The lowest BCUT2D eigenvalue weighted by atomic mass is 10.1. The molecule has 6 nitrogen and oxygen atoms in total. The molecule has 2 amide bonds. The van der Waals surface area contributed by atoms with Crippen LogP contribution in [-0.2, 0) is 4.79 Å². The van der Waals surface area contributed by atoms with Crippen molar-refractivity contribution < 1.29 is 9.59 Å². The Bertz CT molecular complexity index is 535. The molecule has 0 bridgehead atoms. The standard InChI is InChI=1S/C13H17ClN4O2/c1-3-15-11-7-9(6-10(14)17-11)13(20)18-5-4-16-12(19)8(18)2/h6-8H,3-5H2,1-2H3,(H,15,17)(H,16,19). The van der Waals surface area contributed by atoms with Gasteiger partial charge in [0.2, 0.25) is 5.91 Å². The molecular weight excluding hydrogens is 280 g/mol. The summed E-state index contributed by atoms with van der Waals surface area (Å²) in [5, 5.41) is 6.00. The number of hydrogen-bond donors (Lipinski definition) is 2. The van der Waals surface area contributed by atoms with Crippen LogP contribution in [0.5, 0.6) is 0 Å². The van der Waals surface area contributed by atoms with Crippen molar-refractivity contribution >= 4 is 29.2 Å². The summed E-state index contributed by atoms with van der Waals surface area (Å²) in [4.78, 5) is 29.7. The molecule has 1 saturated heterocycles. The van der Waals surface area contributed by atoms with E-state index in [1.54, 1.807) is 17.9 Å². The molecule has 1 aliphatic heterocycles. The maximum absolute atomic E-state index is 12.5. The van der Waals surface area contributed by atoms with Crippen LogP contribution in [0.15, 0.2) is 12.1 Å². The number of aromatic nitrogens is 1. The number of pyridine rings is 1. The van der Waals surface area contributed by atoms with E-state index in [1.807, 2.05) is 6.92 Å². The number of nitrogens with one attached hydrogen (secondary N) is 2. The maximum Gasteiger partial charge on any atom is 0.254 e. The summed E-state index contributed by atoms with van der Waals surface area (Å²) in [6.45, 7) is 5.28. The number of carbonyl (C=O) groups is 2. The molecule has 1 aromatic rings. The molecule has 0 aromatic carbocycles. The first-order valence-electron chi connectivity index (χ1n) is 6.53. The zero-order valence-electron chi connectivity index (χ0n) is 11.4. The van der Waals surface area contributed by atoms with Gasteiger partial charge < -0.3 is 15.5 Å².